The van der Waals surface area contributed by atoms with E-state index in [1.807, 2.05) is 0 Å². The zero-order chi connectivity index (χ0) is 15.2. The minimum atomic E-state index is -0.556. The first-order chi connectivity index (χ1) is 10.1. The molecule has 0 atom stereocenters. The van der Waals surface area contributed by atoms with Gasteiger partial charge < -0.3 is 5.32 Å². The fourth-order valence-electron chi connectivity index (χ4n) is 1.98. The van der Waals surface area contributed by atoms with Gasteiger partial charge in [-0.3, -0.25) is 0 Å². The fraction of sp³-hybridized carbons (Fsp3) is 0.333. The van der Waals surface area contributed by atoms with Crippen LogP contribution in [-0.2, 0) is 12.8 Å². The quantitative estimate of drug-likeness (QED) is 0.791. The average molecular weight is 356 g/mol. The predicted molar refractivity (Wildman–Crippen MR) is 82.3 cm³/mol. The van der Waals surface area contributed by atoms with Crippen LogP contribution in [0, 0.1) is 11.6 Å². The molecule has 0 unspecified atom stereocenters. The smallest absolute Gasteiger partial charge is 0.132 e. The summed E-state index contributed by atoms with van der Waals surface area (Å²) in [6.45, 7) is 2.60. The normalized spacial score (nSPS) is 10.7. The lowest BCUT2D eigenvalue weighted by molar-refractivity contribution is 0.580. The molecule has 0 spiro atoms. The monoisotopic (exact) mass is 355 g/mol. The van der Waals surface area contributed by atoms with Gasteiger partial charge in [-0.2, -0.15) is 0 Å². The van der Waals surface area contributed by atoms with Crippen LogP contribution in [0.1, 0.15) is 24.7 Å². The number of benzene rings is 1. The van der Waals surface area contributed by atoms with Crippen LogP contribution in [-0.4, -0.2) is 16.5 Å². The molecule has 0 aliphatic heterocycles. The standard InChI is InChI=1S/C15H16BrF2N3/c1-2-3-14-20-13(16)9-15(21-14)19-5-4-10-6-11(17)8-12(18)7-10/h6-9H,2-5H2,1H3,(H,19,20,21). The first-order valence-electron chi connectivity index (χ1n) is 6.79. The maximum Gasteiger partial charge on any atom is 0.132 e. The second kappa shape index (κ2) is 7.45. The van der Waals surface area contributed by atoms with E-state index in [0.29, 0.717) is 24.3 Å². The summed E-state index contributed by atoms with van der Waals surface area (Å²) >= 11 is 3.35. The van der Waals surface area contributed by atoms with Gasteiger partial charge >= 0.3 is 0 Å². The van der Waals surface area contributed by atoms with Crippen molar-refractivity contribution in [3.05, 3.63) is 51.9 Å². The number of nitrogens with one attached hydrogen (secondary N) is 1. The van der Waals surface area contributed by atoms with Gasteiger partial charge in [0, 0.05) is 25.1 Å². The third-order valence-corrected chi connectivity index (χ3v) is 3.26. The molecular formula is C15H16BrF2N3. The number of hydrogen-bond acceptors (Lipinski definition) is 3. The second-order valence-corrected chi connectivity index (χ2v) is 5.51. The molecule has 0 fully saturated rings. The Morgan fingerprint density at radius 1 is 1.05 bits per heavy atom. The molecule has 1 aromatic heterocycles. The van der Waals surface area contributed by atoms with Gasteiger partial charge in [0.1, 0.15) is 27.9 Å². The largest absolute Gasteiger partial charge is 0.370 e. The number of halogens is 3. The van der Waals surface area contributed by atoms with Crippen LogP contribution >= 0.6 is 15.9 Å². The summed E-state index contributed by atoms with van der Waals surface area (Å²) in [5.41, 5.74) is 0.613. The van der Waals surface area contributed by atoms with Gasteiger partial charge in [-0.1, -0.05) is 6.92 Å². The first kappa shape index (κ1) is 15.8. The molecule has 2 aromatic rings. The summed E-state index contributed by atoms with van der Waals surface area (Å²) in [5, 5.41) is 3.15. The predicted octanol–water partition coefficient (Wildman–Crippen LogP) is 4.12. The van der Waals surface area contributed by atoms with Crippen molar-refractivity contribution in [3.8, 4) is 0 Å². The van der Waals surface area contributed by atoms with Gasteiger partial charge in [0.05, 0.1) is 0 Å². The molecule has 0 amide bonds. The average Bonchev–Trinajstić information content (AvgIpc) is 2.37. The molecule has 3 nitrogen and oxygen atoms in total. The molecule has 21 heavy (non-hydrogen) atoms. The SMILES string of the molecule is CCCc1nc(Br)cc(NCCc2cc(F)cc(F)c2)n1. The topological polar surface area (TPSA) is 37.8 Å². The highest BCUT2D eigenvalue weighted by atomic mass is 79.9. The number of hydrogen-bond donors (Lipinski definition) is 1. The zero-order valence-corrected chi connectivity index (χ0v) is 13.3. The van der Waals surface area contributed by atoms with Crippen molar-refractivity contribution >= 4 is 21.7 Å². The fourth-order valence-corrected chi connectivity index (χ4v) is 2.40. The molecule has 0 aliphatic carbocycles. The summed E-state index contributed by atoms with van der Waals surface area (Å²) in [5.74, 6) is 0.364. The van der Waals surface area contributed by atoms with Crippen LogP contribution in [0.5, 0.6) is 0 Å². The lowest BCUT2D eigenvalue weighted by Crippen LogP contribution is -2.08. The van der Waals surface area contributed by atoms with E-state index in [4.69, 9.17) is 0 Å². The van der Waals surface area contributed by atoms with Crippen molar-refractivity contribution in [1.82, 2.24) is 9.97 Å². The van der Waals surface area contributed by atoms with E-state index in [9.17, 15) is 8.78 Å². The van der Waals surface area contributed by atoms with Crippen LogP contribution in [0.15, 0.2) is 28.9 Å². The number of nitrogens with zero attached hydrogens (tertiary/aromatic N) is 2. The van der Waals surface area contributed by atoms with Crippen LogP contribution < -0.4 is 5.32 Å². The van der Waals surface area contributed by atoms with Crippen molar-refractivity contribution in [2.24, 2.45) is 0 Å². The Morgan fingerprint density at radius 2 is 1.76 bits per heavy atom. The van der Waals surface area contributed by atoms with Gasteiger partial charge in [-0.25, -0.2) is 18.7 Å². The highest BCUT2D eigenvalue weighted by Gasteiger charge is 2.04. The Balaban J connectivity index is 1.96. The summed E-state index contributed by atoms with van der Waals surface area (Å²) < 4.78 is 26.9. The molecule has 6 heteroatoms. The number of aryl methyl sites for hydroxylation is 1. The minimum Gasteiger partial charge on any atom is -0.370 e. The molecule has 0 bridgehead atoms. The van der Waals surface area contributed by atoms with Crippen molar-refractivity contribution in [3.63, 3.8) is 0 Å². The minimum absolute atomic E-state index is 0.513. The van der Waals surface area contributed by atoms with Crippen LogP contribution in [0.25, 0.3) is 0 Å². The van der Waals surface area contributed by atoms with Gasteiger partial charge in [-0.15, -0.1) is 0 Å². The summed E-state index contributed by atoms with van der Waals surface area (Å²) in [7, 11) is 0. The van der Waals surface area contributed by atoms with Crippen molar-refractivity contribution in [2.75, 3.05) is 11.9 Å². The summed E-state index contributed by atoms with van der Waals surface area (Å²) in [4.78, 5) is 8.67. The van der Waals surface area contributed by atoms with E-state index in [2.05, 4.69) is 38.1 Å². The van der Waals surface area contributed by atoms with E-state index in [0.717, 1.165) is 29.3 Å². The van der Waals surface area contributed by atoms with Crippen LogP contribution in [0.4, 0.5) is 14.6 Å². The molecule has 112 valence electrons. The van der Waals surface area contributed by atoms with Crippen molar-refractivity contribution < 1.29 is 8.78 Å². The number of rotatable bonds is 6. The molecule has 2 rings (SSSR count). The van der Waals surface area contributed by atoms with E-state index in [1.165, 1.54) is 12.1 Å². The molecular weight excluding hydrogens is 340 g/mol. The summed E-state index contributed by atoms with van der Waals surface area (Å²) in [6.07, 6.45) is 2.29. The Bertz CT molecular complexity index is 600. The van der Waals surface area contributed by atoms with Gasteiger partial charge in [0.2, 0.25) is 0 Å². The van der Waals surface area contributed by atoms with Crippen molar-refractivity contribution in [1.29, 1.82) is 0 Å². The van der Waals surface area contributed by atoms with Gasteiger partial charge in [0.15, 0.2) is 0 Å². The first-order valence-corrected chi connectivity index (χ1v) is 7.58. The Kier molecular flexibility index (Phi) is 5.61. The summed E-state index contributed by atoms with van der Waals surface area (Å²) in [6, 6.07) is 5.33. The number of anilines is 1. The molecule has 0 saturated heterocycles. The molecule has 0 aliphatic rings. The lowest BCUT2D eigenvalue weighted by Gasteiger charge is -2.08. The van der Waals surface area contributed by atoms with Crippen molar-refractivity contribution in [2.45, 2.75) is 26.2 Å². The highest BCUT2D eigenvalue weighted by Crippen LogP contribution is 2.14. The molecule has 0 radical (unpaired) electrons. The third-order valence-electron chi connectivity index (χ3n) is 2.86. The van der Waals surface area contributed by atoms with E-state index in [-0.39, 0.29) is 0 Å². The zero-order valence-electron chi connectivity index (χ0n) is 11.7. The Hall–Kier alpha value is -1.56. The molecule has 0 saturated carbocycles. The third kappa shape index (κ3) is 5.04. The maximum atomic E-state index is 13.1. The van der Waals surface area contributed by atoms with E-state index < -0.39 is 11.6 Å². The van der Waals surface area contributed by atoms with E-state index >= 15 is 0 Å². The van der Waals surface area contributed by atoms with E-state index in [1.54, 1.807) is 6.07 Å². The highest BCUT2D eigenvalue weighted by molar-refractivity contribution is 9.10. The van der Waals surface area contributed by atoms with Gasteiger partial charge in [-0.05, 0) is 46.5 Å². The maximum absolute atomic E-state index is 13.1. The second-order valence-electron chi connectivity index (χ2n) is 4.70. The molecule has 1 heterocycles. The van der Waals surface area contributed by atoms with Crippen LogP contribution in [0.3, 0.4) is 0 Å². The van der Waals surface area contributed by atoms with Gasteiger partial charge in [0.25, 0.3) is 0 Å². The Labute approximate surface area is 131 Å². The molecule has 1 aromatic carbocycles. The number of aromatic nitrogens is 2. The Morgan fingerprint density at radius 3 is 2.43 bits per heavy atom. The van der Waals surface area contributed by atoms with Crippen LogP contribution in [0.2, 0.25) is 0 Å². The lowest BCUT2D eigenvalue weighted by atomic mass is 10.1. The molecule has 1 N–H and O–H groups in total.